The number of pyridine rings is 1. The Labute approximate surface area is 115 Å². The predicted molar refractivity (Wildman–Crippen MR) is 79.0 cm³/mol. The van der Waals surface area contributed by atoms with Crippen LogP contribution in [0.4, 0.5) is 5.82 Å². The molecule has 2 N–H and O–H groups in total. The third kappa shape index (κ3) is 4.14. The topological polar surface area (TPSA) is 42.2 Å². The molecule has 18 heavy (non-hydrogen) atoms. The first kappa shape index (κ1) is 15.3. The van der Waals surface area contributed by atoms with Crippen molar-refractivity contribution < 1.29 is 0 Å². The van der Waals surface area contributed by atoms with E-state index in [1.54, 1.807) is 6.20 Å². The summed E-state index contributed by atoms with van der Waals surface area (Å²) in [4.78, 5) is 6.69. The Morgan fingerprint density at radius 1 is 1.22 bits per heavy atom. The lowest BCUT2D eigenvalue weighted by atomic mass is 10.1. The molecular formula is C14H24ClN3. The summed E-state index contributed by atoms with van der Waals surface area (Å²) in [6.07, 6.45) is 1.79. The van der Waals surface area contributed by atoms with Gasteiger partial charge in [0.15, 0.2) is 0 Å². The van der Waals surface area contributed by atoms with E-state index < -0.39 is 0 Å². The maximum Gasteiger partial charge on any atom is 0.147 e. The van der Waals surface area contributed by atoms with Gasteiger partial charge in [0, 0.05) is 25.8 Å². The maximum absolute atomic E-state index is 6.39. The van der Waals surface area contributed by atoms with Gasteiger partial charge < -0.3 is 10.6 Å². The Morgan fingerprint density at radius 3 is 2.22 bits per heavy atom. The van der Waals surface area contributed by atoms with Gasteiger partial charge in [0.05, 0.1) is 5.02 Å². The monoisotopic (exact) mass is 269 g/mol. The summed E-state index contributed by atoms with van der Waals surface area (Å²) in [5.41, 5.74) is 6.65. The highest BCUT2D eigenvalue weighted by atomic mass is 35.5. The number of anilines is 1. The van der Waals surface area contributed by atoms with Crippen molar-refractivity contribution in [1.29, 1.82) is 0 Å². The van der Waals surface area contributed by atoms with Crippen LogP contribution in [0.25, 0.3) is 0 Å². The van der Waals surface area contributed by atoms with Gasteiger partial charge >= 0.3 is 0 Å². The van der Waals surface area contributed by atoms with Crippen molar-refractivity contribution in [2.75, 3.05) is 18.0 Å². The maximum atomic E-state index is 6.39. The molecule has 0 aliphatic rings. The smallest absolute Gasteiger partial charge is 0.147 e. The molecule has 0 atom stereocenters. The van der Waals surface area contributed by atoms with E-state index in [0.29, 0.717) is 23.4 Å². The molecule has 102 valence electrons. The van der Waals surface area contributed by atoms with Crippen LogP contribution in [0.1, 0.15) is 33.3 Å². The second kappa shape index (κ2) is 6.95. The van der Waals surface area contributed by atoms with Crippen molar-refractivity contribution in [3.63, 3.8) is 0 Å². The third-order valence-electron chi connectivity index (χ3n) is 2.64. The van der Waals surface area contributed by atoms with Gasteiger partial charge in [0.1, 0.15) is 5.82 Å². The molecule has 0 bridgehead atoms. The number of nitrogens with zero attached hydrogens (tertiary/aromatic N) is 2. The van der Waals surface area contributed by atoms with Crippen molar-refractivity contribution in [1.82, 2.24) is 4.98 Å². The quantitative estimate of drug-likeness (QED) is 0.862. The molecule has 3 nitrogen and oxygen atoms in total. The van der Waals surface area contributed by atoms with E-state index >= 15 is 0 Å². The third-order valence-corrected chi connectivity index (χ3v) is 3.05. The second-order valence-electron chi connectivity index (χ2n) is 5.50. The normalized spacial score (nSPS) is 11.3. The van der Waals surface area contributed by atoms with E-state index in [1.807, 2.05) is 6.07 Å². The molecule has 1 aromatic rings. The Hall–Kier alpha value is -0.800. The highest BCUT2D eigenvalue weighted by Gasteiger charge is 2.16. The number of halogens is 1. The molecule has 1 rings (SSSR count). The summed E-state index contributed by atoms with van der Waals surface area (Å²) in [6, 6.07) is 1.88. The molecule has 0 aliphatic carbocycles. The van der Waals surface area contributed by atoms with E-state index in [2.05, 4.69) is 37.6 Å². The molecule has 0 aromatic carbocycles. The fourth-order valence-electron chi connectivity index (χ4n) is 1.98. The number of rotatable bonds is 6. The van der Waals surface area contributed by atoms with Crippen LogP contribution in [0.5, 0.6) is 0 Å². The molecule has 0 radical (unpaired) electrons. The van der Waals surface area contributed by atoms with E-state index in [4.69, 9.17) is 17.3 Å². The summed E-state index contributed by atoms with van der Waals surface area (Å²) in [6.45, 7) is 11.2. The van der Waals surface area contributed by atoms with Gasteiger partial charge in [0.25, 0.3) is 0 Å². The zero-order chi connectivity index (χ0) is 13.7. The molecule has 0 aliphatic heterocycles. The molecule has 1 heterocycles. The Kier molecular flexibility index (Phi) is 5.89. The molecule has 1 aromatic heterocycles. The zero-order valence-corrected chi connectivity index (χ0v) is 12.5. The summed E-state index contributed by atoms with van der Waals surface area (Å²) < 4.78 is 0. The summed E-state index contributed by atoms with van der Waals surface area (Å²) in [7, 11) is 0. The van der Waals surface area contributed by atoms with Crippen molar-refractivity contribution in [3.8, 4) is 0 Å². The van der Waals surface area contributed by atoms with Gasteiger partial charge in [-0.1, -0.05) is 39.3 Å². The minimum absolute atomic E-state index is 0.450. The van der Waals surface area contributed by atoms with Gasteiger partial charge in [-0.15, -0.1) is 0 Å². The van der Waals surface area contributed by atoms with Crippen molar-refractivity contribution >= 4 is 17.4 Å². The van der Waals surface area contributed by atoms with E-state index in [-0.39, 0.29) is 0 Å². The largest absolute Gasteiger partial charge is 0.355 e. The molecule has 0 saturated carbocycles. The van der Waals surface area contributed by atoms with E-state index in [1.165, 1.54) is 0 Å². The van der Waals surface area contributed by atoms with Gasteiger partial charge in [-0.05, 0) is 23.5 Å². The highest BCUT2D eigenvalue weighted by molar-refractivity contribution is 6.33. The Morgan fingerprint density at radius 2 is 1.78 bits per heavy atom. The van der Waals surface area contributed by atoms with Gasteiger partial charge in [0.2, 0.25) is 0 Å². The fourth-order valence-corrected chi connectivity index (χ4v) is 2.29. The molecule has 4 heteroatoms. The van der Waals surface area contributed by atoms with Crippen LogP contribution in [0.3, 0.4) is 0 Å². The summed E-state index contributed by atoms with van der Waals surface area (Å²) in [5, 5.41) is 0.696. The molecular weight excluding hydrogens is 246 g/mol. The van der Waals surface area contributed by atoms with E-state index in [0.717, 1.165) is 24.5 Å². The van der Waals surface area contributed by atoms with Crippen LogP contribution >= 0.6 is 11.6 Å². The molecule has 0 amide bonds. The predicted octanol–water partition coefficient (Wildman–Crippen LogP) is 3.31. The first-order chi connectivity index (χ1) is 8.45. The lowest BCUT2D eigenvalue weighted by Crippen LogP contribution is -2.32. The average molecular weight is 270 g/mol. The first-order valence-electron chi connectivity index (χ1n) is 6.54. The van der Waals surface area contributed by atoms with Crippen molar-refractivity contribution in [3.05, 3.63) is 22.8 Å². The fraction of sp³-hybridized carbons (Fsp3) is 0.643. The van der Waals surface area contributed by atoms with Crippen LogP contribution < -0.4 is 10.6 Å². The van der Waals surface area contributed by atoms with Crippen LogP contribution in [0.2, 0.25) is 5.02 Å². The minimum Gasteiger partial charge on any atom is -0.355 e. The van der Waals surface area contributed by atoms with Crippen LogP contribution in [-0.4, -0.2) is 18.1 Å². The zero-order valence-electron chi connectivity index (χ0n) is 11.8. The van der Waals surface area contributed by atoms with Crippen LogP contribution in [0, 0.1) is 11.8 Å². The van der Waals surface area contributed by atoms with E-state index in [9.17, 15) is 0 Å². The number of nitrogens with two attached hydrogens (primary N) is 1. The molecule has 0 unspecified atom stereocenters. The van der Waals surface area contributed by atoms with Gasteiger partial charge in [-0.2, -0.15) is 0 Å². The SMILES string of the molecule is CC(C)CN(CC(C)C)c1nccc(CN)c1Cl. The average Bonchev–Trinajstić information content (AvgIpc) is 2.27. The molecule has 0 fully saturated rings. The van der Waals surface area contributed by atoms with Gasteiger partial charge in [-0.25, -0.2) is 4.98 Å². The number of aromatic nitrogens is 1. The first-order valence-corrected chi connectivity index (χ1v) is 6.91. The van der Waals surface area contributed by atoms with Crippen molar-refractivity contribution in [2.45, 2.75) is 34.2 Å². The standard InChI is InChI=1S/C14H24ClN3/c1-10(2)8-18(9-11(3)4)14-13(15)12(7-16)5-6-17-14/h5-6,10-11H,7-9,16H2,1-4H3. The molecule has 0 saturated heterocycles. The minimum atomic E-state index is 0.450. The highest BCUT2D eigenvalue weighted by Crippen LogP contribution is 2.27. The Bertz CT molecular complexity index is 367. The van der Waals surface area contributed by atoms with Crippen molar-refractivity contribution in [2.24, 2.45) is 17.6 Å². The lowest BCUT2D eigenvalue weighted by Gasteiger charge is -2.28. The summed E-state index contributed by atoms with van der Waals surface area (Å²) >= 11 is 6.39. The summed E-state index contributed by atoms with van der Waals surface area (Å²) in [5.74, 6) is 2.01. The van der Waals surface area contributed by atoms with Crippen LogP contribution in [-0.2, 0) is 6.54 Å². The lowest BCUT2D eigenvalue weighted by molar-refractivity contribution is 0.548. The number of hydrogen-bond acceptors (Lipinski definition) is 3. The van der Waals surface area contributed by atoms with Gasteiger partial charge in [-0.3, -0.25) is 0 Å². The Balaban J connectivity index is 3.03. The number of hydrogen-bond donors (Lipinski definition) is 1. The second-order valence-corrected chi connectivity index (χ2v) is 5.88. The van der Waals surface area contributed by atoms with Crippen LogP contribution in [0.15, 0.2) is 12.3 Å². The molecule has 0 spiro atoms.